The summed E-state index contributed by atoms with van der Waals surface area (Å²) >= 11 is 9.05. The summed E-state index contributed by atoms with van der Waals surface area (Å²) in [5.41, 5.74) is 0.0860. The van der Waals surface area contributed by atoms with Crippen molar-refractivity contribution in [2.45, 2.75) is 23.8 Å². The highest BCUT2D eigenvalue weighted by atomic mass is 79.9. The summed E-state index contributed by atoms with van der Waals surface area (Å²) in [6.07, 6.45) is -3.47. The quantitative estimate of drug-likeness (QED) is 0.414. The van der Waals surface area contributed by atoms with E-state index in [0.717, 1.165) is 5.56 Å². The zero-order chi connectivity index (χ0) is 18.4. The maximum absolute atomic E-state index is 14.0. The monoisotopic (exact) mass is 436 g/mol. The number of carbonyl (C=O) groups is 1. The van der Waals surface area contributed by atoms with Gasteiger partial charge in [0, 0.05) is 5.56 Å². The van der Waals surface area contributed by atoms with Gasteiger partial charge in [-0.05, 0) is 48.7 Å². The molecule has 1 atom stereocenters. The number of aryl methyl sites for hydroxylation is 1. The number of benzene rings is 2. The van der Waals surface area contributed by atoms with Crippen molar-refractivity contribution in [2.75, 3.05) is 0 Å². The molecule has 8 heteroatoms. The number of fused-ring (bicyclic) bond motifs is 1. The van der Waals surface area contributed by atoms with Gasteiger partial charge in [-0.25, -0.2) is 4.39 Å². The van der Waals surface area contributed by atoms with Crippen LogP contribution in [-0.4, -0.2) is 10.6 Å². The third kappa shape index (κ3) is 3.67. The fraction of sp³-hybridized carbons (Fsp3) is 0.235. The summed E-state index contributed by atoms with van der Waals surface area (Å²) in [7, 11) is 0. The summed E-state index contributed by atoms with van der Waals surface area (Å²) in [6.45, 7) is 0. The number of rotatable bonds is 2. The number of hydrogen-bond acceptors (Lipinski definition) is 2. The van der Waals surface area contributed by atoms with Crippen molar-refractivity contribution in [1.29, 1.82) is 0 Å². The van der Waals surface area contributed by atoms with Gasteiger partial charge in [-0.1, -0.05) is 27.5 Å². The Labute approximate surface area is 153 Å². The first kappa shape index (κ1) is 18.2. The van der Waals surface area contributed by atoms with E-state index in [9.17, 15) is 22.4 Å². The molecule has 0 radical (unpaired) electrons. The molecule has 1 unspecified atom stereocenters. The Hall–Kier alpha value is -1.60. The standard InChI is InChI=1S/C17H10BrClF4O2/c18-12-4-1-8-5-10(2-3-11(8)15(12)24)25-16-13(19)6-9(7-14(16)20)17(21,22)23/h2-3,5-7,12H,1,4H2. The molecule has 25 heavy (non-hydrogen) atoms. The number of alkyl halides is 4. The Morgan fingerprint density at radius 1 is 1.20 bits per heavy atom. The maximum Gasteiger partial charge on any atom is 0.416 e. The van der Waals surface area contributed by atoms with Crippen molar-refractivity contribution in [1.82, 2.24) is 0 Å². The molecule has 0 saturated carbocycles. The molecular weight excluding hydrogens is 428 g/mol. The molecule has 0 spiro atoms. The SMILES string of the molecule is O=C1c2ccc(Oc3c(F)cc(C(F)(F)F)cc3Cl)cc2CCC1Br. The third-order valence-electron chi connectivity index (χ3n) is 3.84. The minimum Gasteiger partial charge on any atom is -0.453 e. The van der Waals surface area contributed by atoms with Gasteiger partial charge >= 0.3 is 6.18 Å². The molecule has 132 valence electrons. The minimum atomic E-state index is -4.71. The van der Waals surface area contributed by atoms with Gasteiger partial charge in [0.1, 0.15) is 5.75 Å². The van der Waals surface area contributed by atoms with Gasteiger partial charge in [0.25, 0.3) is 0 Å². The van der Waals surface area contributed by atoms with Gasteiger partial charge in [0.2, 0.25) is 0 Å². The fourth-order valence-corrected chi connectivity index (χ4v) is 3.32. The molecule has 0 aliphatic heterocycles. The van der Waals surface area contributed by atoms with Crippen LogP contribution in [0.1, 0.15) is 27.9 Å². The highest BCUT2D eigenvalue weighted by molar-refractivity contribution is 9.10. The second kappa shape index (κ2) is 6.61. The molecule has 0 amide bonds. The molecule has 0 N–H and O–H groups in total. The van der Waals surface area contributed by atoms with Crippen molar-refractivity contribution >= 4 is 33.3 Å². The van der Waals surface area contributed by atoms with Crippen LogP contribution in [0.4, 0.5) is 17.6 Å². The number of ether oxygens (including phenoxy) is 1. The van der Waals surface area contributed by atoms with E-state index in [1.165, 1.54) is 6.07 Å². The number of ketones is 1. The molecule has 1 aliphatic carbocycles. The van der Waals surface area contributed by atoms with Crippen LogP contribution in [0.2, 0.25) is 5.02 Å². The van der Waals surface area contributed by atoms with Crippen molar-refractivity contribution < 1.29 is 27.1 Å². The van der Waals surface area contributed by atoms with E-state index >= 15 is 0 Å². The molecule has 2 aromatic rings. The lowest BCUT2D eigenvalue weighted by molar-refractivity contribution is -0.137. The van der Waals surface area contributed by atoms with Gasteiger partial charge in [0.15, 0.2) is 17.3 Å². The highest BCUT2D eigenvalue weighted by Crippen LogP contribution is 2.39. The maximum atomic E-state index is 14.0. The lowest BCUT2D eigenvalue weighted by Gasteiger charge is -2.20. The summed E-state index contributed by atoms with van der Waals surface area (Å²) in [5, 5.41) is -0.485. The van der Waals surface area contributed by atoms with E-state index in [0.29, 0.717) is 30.5 Å². The van der Waals surface area contributed by atoms with Crippen LogP contribution in [0.25, 0.3) is 0 Å². The lowest BCUT2D eigenvalue weighted by atomic mass is 9.90. The Balaban J connectivity index is 1.92. The minimum absolute atomic E-state index is 0.0495. The Morgan fingerprint density at radius 2 is 1.92 bits per heavy atom. The molecule has 0 aromatic heterocycles. The van der Waals surface area contributed by atoms with Crippen molar-refractivity contribution in [3.63, 3.8) is 0 Å². The van der Waals surface area contributed by atoms with Crippen LogP contribution in [0, 0.1) is 5.82 Å². The molecular formula is C17H10BrClF4O2. The van der Waals surface area contributed by atoms with Crippen molar-refractivity contribution in [3.05, 3.63) is 57.9 Å². The summed E-state index contributed by atoms with van der Waals surface area (Å²) in [4.78, 5) is 11.8. The topological polar surface area (TPSA) is 26.3 Å². The Kier molecular flexibility index (Phi) is 4.81. The van der Waals surface area contributed by atoms with Crippen LogP contribution in [0.15, 0.2) is 30.3 Å². The number of carbonyl (C=O) groups excluding carboxylic acids is 1. The highest BCUT2D eigenvalue weighted by Gasteiger charge is 2.33. The van der Waals surface area contributed by atoms with E-state index in [1.807, 2.05) is 0 Å². The number of halogens is 6. The molecule has 0 heterocycles. The van der Waals surface area contributed by atoms with E-state index in [2.05, 4.69) is 15.9 Å². The summed E-state index contributed by atoms with van der Waals surface area (Å²) in [6, 6.07) is 5.51. The lowest BCUT2D eigenvalue weighted by Crippen LogP contribution is -2.22. The van der Waals surface area contributed by atoms with Crippen LogP contribution in [0.3, 0.4) is 0 Å². The van der Waals surface area contributed by atoms with Crippen LogP contribution >= 0.6 is 27.5 Å². The molecule has 0 bridgehead atoms. The summed E-state index contributed by atoms with van der Waals surface area (Å²) in [5.74, 6) is -1.56. The Bertz CT molecular complexity index is 828. The molecule has 1 aliphatic rings. The second-order valence-electron chi connectivity index (χ2n) is 5.56. The van der Waals surface area contributed by atoms with E-state index in [-0.39, 0.29) is 16.4 Å². The van der Waals surface area contributed by atoms with Crippen LogP contribution < -0.4 is 4.74 Å². The van der Waals surface area contributed by atoms with Gasteiger partial charge in [-0.2, -0.15) is 13.2 Å². The zero-order valence-electron chi connectivity index (χ0n) is 12.5. The third-order valence-corrected chi connectivity index (χ3v) is 4.99. The molecule has 0 fully saturated rings. The van der Waals surface area contributed by atoms with Gasteiger partial charge in [-0.3, -0.25) is 4.79 Å². The fourth-order valence-electron chi connectivity index (χ4n) is 2.60. The first-order valence-corrected chi connectivity index (χ1v) is 8.51. The largest absolute Gasteiger partial charge is 0.453 e. The number of hydrogen-bond donors (Lipinski definition) is 0. The summed E-state index contributed by atoms with van der Waals surface area (Å²) < 4.78 is 57.3. The van der Waals surface area contributed by atoms with Gasteiger partial charge in [0.05, 0.1) is 15.4 Å². The smallest absolute Gasteiger partial charge is 0.416 e. The van der Waals surface area contributed by atoms with Crippen LogP contribution in [0.5, 0.6) is 11.5 Å². The Morgan fingerprint density at radius 3 is 2.56 bits per heavy atom. The normalized spacial score (nSPS) is 17.4. The number of Topliss-reactive ketones (excluding diaryl/α,β-unsaturated/α-hetero) is 1. The predicted molar refractivity (Wildman–Crippen MR) is 88.3 cm³/mol. The van der Waals surface area contributed by atoms with Gasteiger partial charge < -0.3 is 4.74 Å². The van der Waals surface area contributed by atoms with E-state index in [1.54, 1.807) is 12.1 Å². The van der Waals surface area contributed by atoms with Crippen molar-refractivity contribution in [2.24, 2.45) is 0 Å². The molecule has 2 nitrogen and oxygen atoms in total. The van der Waals surface area contributed by atoms with E-state index in [4.69, 9.17) is 16.3 Å². The average molecular weight is 438 g/mol. The van der Waals surface area contributed by atoms with Gasteiger partial charge in [-0.15, -0.1) is 0 Å². The van der Waals surface area contributed by atoms with Crippen molar-refractivity contribution in [3.8, 4) is 11.5 Å². The molecule has 2 aromatic carbocycles. The second-order valence-corrected chi connectivity index (χ2v) is 7.07. The van der Waals surface area contributed by atoms with Crippen LogP contribution in [-0.2, 0) is 12.6 Å². The first-order chi connectivity index (χ1) is 11.7. The predicted octanol–water partition coefficient (Wildman–Crippen LogP) is 6.18. The molecule has 3 rings (SSSR count). The van der Waals surface area contributed by atoms with E-state index < -0.39 is 28.3 Å². The first-order valence-electron chi connectivity index (χ1n) is 7.22. The molecule has 0 saturated heterocycles. The average Bonchev–Trinajstić information content (AvgIpc) is 2.53. The zero-order valence-corrected chi connectivity index (χ0v) is 14.8.